The summed E-state index contributed by atoms with van der Waals surface area (Å²) in [6.07, 6.45) is 1.06. The maximum Gasteiger partial charge on any atom is 0.257 e. The van der Waals surface area contributed by atoms with Gasteiger partial charge in [0.1, 0.15) is 12.4 Å². The Morgan fingerprint density at radius 3 is 2.43 bits per heavy atom. The molecule has 7 nitrogen and oxygen atoms in total. The Kier molecular flexibility index (Phi) is 8.31. The van der Waals surface area contributed by atoms with Gasteiger partial charge in [-0.3, -0.25) is 14.4 Å². The number of benzene rings is 2. The Morgan fingerprint density at radius 2 is 1.77 bits per heavy atom. The molecule has 1 saturated heterocycles. The molecule has 188 valence electrons. The highest BCUT2D eigenvalue weighted by atomic mass is 19.2. The summed E-state index contributed by atoms with van der Waals surface area (Å²) in [4.78, 5) is 39.1. The number of hydrogen-bond donors (Lipinski definition) is 1. The topological polar surface area (TPSA) is 84.9 Å². The number of likely N-dealkylation sites (tertiary alicyclic amines) is 1. The first-order valence-corrected chi connectivity index (χ1v) is 10.8. The van der Waals surface area contributed by atoms with Crippen molar-refractivity contribution in [2.75, 3.05) is 33.4 Å². The average Bonchev–Trinajstić information content (AvgIpc) is 2.85. The molecule has 1 N–H and O–H groups in total. The van der Waals surface area contributed by atoms with E-state index < -0.39 is 59.8 Å². The van der Waals surface area contributed by atoms with Crippen molar-refractivity contribution in [2.24, 2.45) is 5.92 Å². The number of ketones is 1. The predicted molar refractivity (Wildman–Crippen MR) is 116 cm³/mol. The van der Waals surface area contributed by atoms with Crippen LogP contribution in [0.3, 0.4) is 0 Å². The zero-order valence-corrected chi connectivity index (χ0v) is 19.1. The first-order chi connectivity index (χ1) is 16.6. The van der Waals surface area contributed by atoms with Crippen LogP contribution in [0.25, 0.3) is 0 Å². The van der Waals surface area contributed by atoms with Crippen LogP contribution in [0.15, 0.2) is 24.3 Å². The quantitative estimate of drug-likeness (QED) is 0.448. The molecule has 0 unspecified atom stereocenters. The van der Waals surface area contributed by atoms with Crippen molar-refractivity contribution in [2.45, 2.75) is 19.8 Å². The third-order valence-electron chi connectivity index (χ3n) is 5.57. The van der Waals surface area contributed by atoms with Gasteiger partial charge in [-0.05, 0) is 31.9 Å². The largest absolute Gasteiger partial charge is 0.496 e. The number of hydrogen-bond acceptors (Lipinski definition) is 5. The molecule has 1 heterocycles. The summed E-state index contributed by atoms with van der Waals surface area (Å²) in [7, 11) is 1.46. The second kappa shape index (κ2) is 11.2. The summed E-state index contributed by atoms with van der Waals surface area (Å²) in [5.74, 6) is -9.92. The summed E-state index contributed by atoms with van der Waals surface area (Å²) in [5.41, 5.74) is 1.26. The van der Waals surface area contributed by atoms with E-state index in [1.807, 2.05) is 13.0 Å². The number of nitrogens with zero attached hydrogens (tertiary/aromatic N) is 1. The van der Waals surface area contributed by atoms with E-state index in [4.69, 9.17) is 4.74 Å². The SMILES string of the molecule is COc1ccc(C)cc1C(=O)N1CCC[C@@H](C(=O)NCC(=O)COc2c(F)c(F)cc(F)c2F)C1. The average molecular weight is 496 g/mol. The summed E-state index contributed by atoms with van der Waals surface area (Å²) in [6.45, 7) is 0.978. The van der Waals surface area contributed by atoms with Gasteiger partial charge in [-0.1, -0.05) is 11.6 Å². The second-order valence-corrected chi connectivity index (χ2v) is 8.14. The van der Waals surface area contributed by atoms with Crippen molar-refractivity contribution in [1.82, 2.24) is 10.2 Å². The molecule has 3 rings (SSSR count). The van der Waals surface area contributed by atoms with Gasteiger partial charge in [-0.25, -0.2) is 8.78 Å². The molecule has 1 atom stereocenters. The molecule has 0 aliphatic carbocycles. The van der Waals surface area contributed by atoms with E-state index in [2.05, 4.69) is 10.1 Å². The lowest BCUT2D eigenvalue weighted by Crippen LogP contribution is -2.46. The molecule has 0 spiro atoms. The Bertz CT molecular complexity index is 1120. The summed E-state index contributed by atoms with van der Waals surface area (Å²) in [5, 5.41) is 2.40. The van der Waals surface area contributed by atoms with Gasteiger partial charge in [-0.15, -0.1) is 0 Å². The van der Waals surface area contributed by atoms with Gasteiger partial charge in [0.15, 0.2) is 23.2 Å². The summed E-state index contributed by atoms with van der Waals surface area (Å²) < 4.78 is 63.6. The number of rotatable bonds is 8. The van der Waals surface area contributed by atoms with Gasteiger partial charge >= 0.3 is 0 Å². The highest BCUT2D eigenvalue weighted by Gasteiger charge is 2.30. The number of carbonyl (C=O) groups excluding carboxylic acids is 3. The van der Waals surface area contributed by atoms with Crippen molar-refractivity contribution in [3.63, 3.8) is 0 Å². The molecular weight excluding hydrogens is 472 g/mol. The van der Waals surface area contributed by atoms with Crippen LogP contribution < -0.4 is 14.8 Å². The van der Waals surface area contributed by atoms with Crippen molar-refractivity contribution in [1.29, 1.82) is 0 Å². The zero-order valence-electron chi connectivity index (χ0n) is 19.1. The van der Waals surface area contributed by atoms with Crippen LogP contribution in [0.5, 0.6) is 11.5 Å². The molecule has 0 radical (unpaired) electrons. The van der Waals surface area contributed by atoms with E-state index in [0.717, 1.165) is 5.56 Å². The number of amides is 2. The molecule has 11 heteroatoms. The Hall–Kier alpha value is -3.63. The van der Waals surface area contributed by atoms with Gasteiger partial charge in [0.25, 0.3) is 5.91 Å². The molecule has 2 amide bonds. The summed E-state index contributed by atoms with van der Waals surface area (Å²) in [6, 6.07) is 5.24. The second-order valence-electron chi connectivity index (χ2n) is 8.14. The van der Waals surface area contributed by atoms with Crippen molar-refractivity contribution in [3.05, 3.63) is 58.7 Å². The molecule has 2 aromatic rings. The summed E-state index contributed by atoms with van der Waals surface area (Å²) >= 11 is 0. The number of halogens is 4. The smallest absolute Gasteiger partial charge is 0.257 e. The minimum Gasteiger partial charge on any atom is -0.496 e. The highest BCUT2D eigenvalue weighted by molar-refractivity contribution is 5.97. The molecule has 2 aromatic carbocycles. The van der Waals surface area contributed by atoms with Crippen LogP contribution in [0.1, 0.15) is 28.8 Å². The van der Waals surface area contributed by atoms with Gasteiger partial charge < -0.3 is 19.7 Å². The van der Waals surface area contributed by atoms with E-state index in [-0.39, 0.29) is 18.5 Å². The Morgan fingerprint density at radius 1 is 1.09 bits per heavy atom. The predicted octanol–water partition coefficient (Wildman–Crippen LogP) is 3.18. The molecule has 1 aliphatic rings. The molecule has 0 bridgehead atoms. The van der Waals surface area contributed by atoms with E-state index >= 15 is 0 Å². The fraction of sp³-hybridized carbons (Fsp3) is 0.375. The number of Topliss-reactive ketones (excluding diaryl/α,β-unsaturated/α-hetero) is 1. The minimum atomic E-state index is -1.77. The van der Waals surface area contributed by atoms with E-state index in [1.54, 1.807) is 17.0 Å². The Balaban J connectivity index is 1.55. The van der Waals surface area contributed by atoms with Gasteiger partial charge in [-0.2, -0.15) is 8.78 Å². The minimum absolute atomic E-state index is 0.0206. The fourth-order valence-corrected chi connectivity index (χ4v) is 3.75. The van der Waals surface area contributed by atoms with E-state index in [1.165, 1.54) is 7.11 Å². The molecule has 1 aliphatic heterocycles. The van der Waals surface area contributed by atoms with Gasteiger partial charge in [0, 0.05) is 19.2 Å². The number of piperidine rings is 1. The van der Waals surface area contributed by atoms with Gasteiger partial charge in [0.05, 0.1) is 25.1 Å². The lowest BCUT2D eigenvalue weighted by atomic mass is 9.96. The normalized spacial score (nSPS) is 15.5. The van der Waals surface area contributed by atoms with Gasteiger partial charge in [0.2, 0.25) is 17.5 Å². The lowest BCUT2D eigenvalue weighted by Gasteiger charge is -2.32. The molecule has 1 fully saturated rings. The molecule has 0 aromatic heterocycles. The number of methoxy groups -OCH3 is 1. The standard InChI is InChI=1S/C24H24F4N2O5/c1-13-5-6-19(34-2)16(8-13)24(33)30-7-3-4-14(11-30)23(32)29-10-15(31)12-35-22-20(27)17(25)9-18(26)21(22)28/h5-6,8-9,14H,3-4,7,10-12H2,1-2H3,(H,29,32)/t14-/m1/s1. The van der Waals surface area contributed by atoms with E-state index in [0.29, 0.717) is 30.7 Å². The van der Waals surface area contributed by atoms with Crippen LogP contribution >= 0.6 is 0 Å². The van der Waals surface area contributed by atoms with Crippen LogP contribution in [0.2, 0.25) is 0 Å². The Labute approximate surface area is 199 Å². The third kappa shape index (κ3) is 6.09. The first-order valence-electron chi connectivity index (χ1n) is 10.8. The van der Waals surface area contributed by atoms with Crippen LogP contribution in [0, 0.1) is 36.1 Å². The highest BCUT2D eigenvalue weighted by Crippen LogP contribution is 2.27. The third-order valence-corrected chi connectivity index (χ3v) is 5.57. The van der Waals surface area contributed by atoms with Crippen LogP contribution in [0.4, 0.5) is 17.6 Å². The number of nitrogens with one attached hydrogen (secondary N) is 1. The molecule has 35 heavy (non-hydrogen) atoms. The van der Waals surface area contributed by atoms with E-state index in [9.17, 15) is 31.9 Å². The monoisotopic (exact) mass is 496 g/mol. The van der Waals surface area contributed by atoms with Crippen LogP contribution in [-0.2, 0) is 9.59 Å². The van der Waals surface area contributed by atoms with Crippen LogP contribution in [-0.4, -0.2) is 55.8 Å². The number of ether oxygens (including phenoxy) is 2. The van der Waals surface area contributed by atoms with Crippen molar-refractivity contribution in [3.8, 4) is 11.5 Å². The number of carbonyl (C=O) groups is 3. The maximum atomic E-state index is 13.6. The van der Waals surface area contributed by atoms with Crippen molar-refractivity contribution < 1.29 is 41.4 Å². The molecule has 0 saturated carbocycles. The maximum absolute atomic E-state index is 13.6. The molecular formula is C24H24F4N2O5. The lowest BCUT2D eigenvalue weighted by molar-refractivity contribution is -0.129. The fourth-order valence-electron chi connectivity index (χ4n) is 3.75. The zero-order chi connectivity index (χ0) is 25.7. The first kappa shape index (κ1) is 26.0. The number of aryl methyl sites for hydroxylation is 1. The van der Waals surface area contributed by atoms with Crippen molar-refractivity contribution >= 4 is 17.6 Å².